The number of hydrogen-bond acceptors (Lipinski definition) is 2. The van der Waals surface area contributed by atoms with Crippen LogP contribution in [-0.2, 0) is 0 Å². The third-order valence-corrected chi connectivity index (χ3v) is 3.90. The Labute approximate surface area is 120 Å². The van der Waals surface area contributed by atoms with Crippen LogP contribution in [0.25, 0.3) is 0 Å². The van der Waals surface area contributed by atoms with Gasteiger partial charge in [0.05, 0.1) is 11.4 Å². The minimum Gasteiger partial charge on any atom is -0.397 e. The average molecular weight is 284 g/mol. The third-order valence-electron chi connectivity index (χ3n) is 3.90. The quantitative estimate of drug-likeness (QED) is 0.690. The summed E-state index contributed by atoms with van der Waals surface area (Å²) in [6.07, 6.45) is 3.78. The minimum atomic E-state index is -1.19. The number of hydrogen-bond donors (Lipinski definition) is 2. The van der Waals surface area contributed by atoms with Gasteiger partial charge in [-0.3, -0.25) is 0 Å². The van der Waals surface area contributed by atoms with Crippen molar-refractivity contribution < 1.29 is 8.78 Å². The van der Waals surface area contributed by atoms with E-state index in [1.807, 2.05) is 0 Å². The van der Waals surface area contributed by atoms with Gasteiger partial charge in [0.25, 0.3) is 0 Å². The number of halogens is 2. The van der Waals surface area contributed by atoms with Crippen LogP contribution in [-0.4, -0.2) is 12.7 Å². The van der Waals surface area contributed by atoms with Gasteiger partial charge < -0.3 is 11.1 Å². The van der Waals surface area contributed by atoms with E-state index in [-0.39, 0.29) is 6.42 Å². The predicted octanol–water partition coefficient (Wildman–Crippen LogP) is 4.11. The maximum absolute atomic E-state index is 13.6. The monoisotopic (exact) mass is 284 g/mol. The first-order valence-corrected chi connectivity index (χ1v) is 7.13. The normalized spacial score (nSPS) is 20.8. The molecule has 1 atom stereocenters. The highest BCUT2D eigenvalue weighted by molar-refractivity contribution is 5.33. The number of rotatable bonds is 7. The van der Waals surface area contributed by atoms with Crippen LogP contribution in [0.4, 0.5) is 8.78 Å². The molecule has 1 saturated carbocycles. The first-order chi connectivity index (χ1) is 9.23. The standard InChI is InChI=1S/C16H26F2N2/c1-11(14(18)9-12(2)17)8-15(19)13(3)20-10-16(4)6-5-7-16/h8,12,20H,3,5-7,9-10,19H2,1-2,4H3/b14-11+,15-8+. The lowest BCUT2D eigenvalue weighted by Crippen LogP contribution is -2.37. The van der Waals surface area contributed by atoms with E-state index in [1.54, 1.807) is 6.92 Å². The molecule has 3 N–H and O–H groups in total. The maximum Gasteiger partial charge on any atom is 0.106 e. The van der Waals surface area contributed by atoms with Crippen LogP contribution in [0.2, 0.25) is 0 Å². The van der Waals surface area contributed by atoms with Gasteiger partial charge in [0.2, 0.25) is 0 Å². The Bertz CT molecular complexity index is 418. The molecule has 0 amide bonds. The molecule has 4 heteroatoms. The van der Waals surface area contributed by atoms with E-state index in [4.69, 9.17) is 5.73 Å². The molecule has 0 radical (unpaired) electrons. The molecule has 114 valence electrons. The van der Waals surface area contributed by atoms with Gasteiger partial charge in [0, 0.05) is 13.0 Å². The van der Waals surface area contributed by atoms with Crippen molar-refractivity contribution in [3.05, 3.63) is 35.4 Å². The lowest BCUT2D eigenvalue weighted by molar-refractivity contribution is 0.162. The molecule has 0 heterocycles. The summed E-state index contributed by atoms with van der Waals surface area (Å²) >= 11 is 0. The second-order valence-corrected chi connectivity index (χ2v) is 6.17. The Balaban J connectivity index is 2.56. The predicted molar refractivity (Wildman–Crippen MR) is 80.4 cm³/mol. The number of nitrogens with one attached hydrogen (secondary N) is 1. The van der Waals surface area contributed by atoms with E-state index in [9.17, 15) is 8.78 Å². The molecule has 0 spiro atoms. The summed E-state index contributed by atoms with van der Waals surface area (Å²) < 4.78 is 26.3. The highest BCUT2D eigenvalue weighted by Crippen LogP contribution is 2.39. The Morgan fingerprint density at radius 3 is 2.55 bits per heavy atom. The highest BCUT2D eigenvalue weighted by atomic mass is 19.1. The van der Waals surface area contributed by atoms with Crippen molar-refractivity contribution in [3.8, 4) is 0 Å². The summed E-state index contributed by atoms with van der Waals surface area (Å²) in [7, 11) is 0. The van der Waals surface area contributed by atoms with Gasteiger partial charge in [-0.25, -0.2) is 8.78 Å². The van der Waals surface area contributed by atoms with E-state index in [0.29, 0.717) is 22.4 Å². The molecular weight excluding hydrogens is 258 g/mol. The summed E-state index contributed by atoms with van der Waals surface area (Å²) in [5.74, 6) is -0.471. The smallest absolute Gasteiger partial charge is 0.106 e. The summed E-state index contributed by atoms with van der Waals surface area (Å²) in [4.78, 5) is 0. The molecule has 1 aliphatic carbocycles. The summed E-state index contributed by atoms with van der Waals surface area (Å²) in [6.45, 7) is 9.84. The largest absolute Gasteiger partial charge is 0.397 e. The zero-order valence-electron chi connectivity index (χ0n) is 12.7. The second kappa shape index (κ2) is 6.91. The van der Waals surface area contributed by atoms with Gasteiger partial charge >= 0.3 is 0 Å². The molecule has 0 bridgehead atoms. The Hall–Kier alpha value is -1.32. The van der Waals surface area contributed by atoms with Crippen LogP contribution in [0, 0.1) is 5.41 Å². The van der Waals surface area contributed by atoms with Crippen LogP contribution in [0.3, 0.4) is 0 Å². The molecule has 1 aliphatic rings. The minimum absolute atomic E-state index is 0.215. The van der Waals surface area contributed by atoms with Crippen LogP contribution in [0.5, 0.6) is 0 Å². The Morgan fingerprint density at radius 1 is 1.50 bits per heavy atom. The van der Waals surface area contributed by atoms with Gasteiger partial charge in [-0.2, -0.15) is 0 Å². The number of allylic oxidation sites excluding steroid dienone is 3. The Morgan fingerprint density at radius 2 is 2.10 bits per heavy atom. The summed E-state index contributed by atoms with van der Waals surface area (Å²) in [5.41, 5.74) is 7.55. The molecule has 0 aromatic rings. The second-order valence-electron chi connectivity index (χ2n) is 6.17. The number of nitrogens with two attached hydrogens (primary N) is 1. The lowest BCUT2D eigenvalue weighted by atomic mass is 9.70. The van der Waals surface area contributed by atoms with Crippen molar-refractivity contribution in [2.24, 2.45) is 11.1 Å². The summed E-state index contributed by atoms with van der Waals surface area (Å²) in [6, 6.07) is 0. The van der Waals surface area contributed by atoms with Crippen LogP contribution in [0.15, 0.2) is 35.4 Å². The van der Waals surface area contributed by atoms with Gasteiger partial charge in [-0.15, -0.1) is 0 Å². The number of alkyl halides is 1. The average Bonchev–Trinajstić information content (AvgIpc) is 2.32. The van der Waals surface area contributed by atoms with Gasteiger partial charge in [-0.1, -0.05) is 19.9 Å². The first-order valence-electron chi connectivity index (χ1n) is 7.13. The van der Waals surface area contributed by atoms with Gasteiger partial charge in [0.15, 0.2) is 0 Å². The van der Waals surface area contributed by atoms with E-state index in [0.717, 1.165) is 6.54 Å². The molecule has 1 unspecified atom stereocenters. The van der Waals surface area contributed by atoms with Crippen molar-refractivity contribution in [1.82, 2.24) is 5.32 Å². The van der Waals surface area contributed by atoms with E-state index >= 15 is 0 Å². The molecule has 0 aromatic heterocycles. The van der Waals surface area contributed by atoms with Crippen molar-refractivity contribution in [2.45, 2.75) is 52.6 Å². The molecule has 0 saturated heterocycles. The Kier molecular flexibility index (Phi) is 5.78. The van der Waals surface area contributed by atoms with E-state index in [2.05, 4.69) is 18.8 Å². The molecule has 0 aliphatic heterocycles. The maximum atomic E-state index is 13.6. The molecular formula is C16H26F2N2. The SMILES string of the molecule is C=C(NCC1(C)CCC1)/C(N)=C\C(C)=C(\F)CC(C)F. The zero-order chi connectivity index (χ0) is 15.3. The highest BCUT2D eigenvalue weighted by Gasteiger charge is 2.31. The fourth-order valence-electron chi connectivity index (χ4n) is 2.19. The van der Waals surface area contributed by atoms with Crippen LogP contribution < -0.4 is 11.1 Å². The summed E-state index contributed by atoms with van der Waals surface area (Å²) in [5, 5.41) is 3.20. The zero-order valence-corrected chi connectivity index (χ0v) is 12.7. The van der Waals surface area contributed by atoms with E-state index in [1.165, 1.54) is 32.3 Å². The third kappa shape index (κ3) is 4.99. The van der Waals surface area contributed by atoms with Crippen molar-refractivity contribution in [3.63, 3.8) is 0 Å². The topological polar surface area (TPSA) is 38.0 Å². The molecule has 0 aromatic carbocycles. The van der Waals surface area contributed by atoms with E-state index < -0.39 is 12.0 Å². The van der Waals surface area contributed by atoms with Crippen molar-refractivity contribution >= 4 is 0 Å². The van der Waals surface area contributed by atoms with Crippen molar-refractivity contribution in [2.75, 3.05) is 6.54 Å². The van der Waals surface area contributed by atoms with Crippen molar-refractivity contribution in [1.29, 1.82) is 0 Å². The molecule has 2 nitrogen and oxygen atoms in total. The first kappa shape index (κ1) is 16.7. The molecule has 1 rings (SSSR count). The van der Waals surface area contributed by atoms with Gasteiger partial charge in [0.1, 0.15) is 12.0 Å². The molecule has 1 fully saturated rings. The van der Waals surface area contributed by atoms with Crippen LogP contribution >= 0.6 is 0 Å². The fraction of sp³-hybridized carbons (Fsp3) is 0.625. The molecule has 20 heavy (non-hydrogen) atoms. The van der Waals surface area contributed by atoms with Crippen LogP contribution in [0.1, 0.15) is 46.5 Å². The fourth-order valence-corrected chi connectivity index (χ4v) is 2.19. The lowest BCUT2D eigenvalue weighted by Gasteiger charge is -2.39. The van der Waals surface area contributed by atoms with Gasteiger partial charge in [-0.05, 0) is 43.8 Å².